The van der Waals surface area contributed by atoms with Crippen LogP contribution in [0, 0.1) is 0 Å². The number of aromatic amines is 1. The van der Waals surface area contributed by atoms with Crippen molar-refractivity contribution in [1.82, 2.24) is 20.1 Å². The van der Waals surface area contributed by atoms with Gasteiger partial charge in [-0.15, -0.1) is 0 Å². The number of anilines is 3. The van der Waals surface area contributed by atoms with E-state index in [1.807, 2.05) is 0 Å². The summed E-state index contributed by atoms with van der Waals surface area (Å²) in [6, 6.07) is 3.37. The van der Waals surface area contributed by atoms with Crippen molar-refractivity contribution in [3.8, 4) is 11.5 Å². The maximum Gasteiger partial charge on any atom is 0.439 e. The summed E-state index contributed by atoms with van der Waals surface area (Å²) >= 11 is 0. The number of hydrogen-bond donors (Lipinski definition) is 1. The summed E-state index contributed by atoms with van der Waals surface area (Å²) in [5, 5.41) is 3.57. The number of amides is 3. The van der Waals surface area contributed by atoms with Crippen LogP contribution in [-0.2, 0) is 20.4 Å². The number of aromatic nitrogens is 4. The van der Waals surface area contributed by atoms with Crippen molar-refractivity contribution in [3.05, 3.63) is 46.6 Å². The van der Waals surface area contributed by atoms with Gasteiger partial charge < -0.3 is 14.2 Å². The summed E-state index contributed by atoms with van der Waals surface area (Å²) in [7, 11) is 0. The lowest BCUT2D eigenvalue weighted by molar-refractivity contribution is -0.137. The number of nitrogens with one attached hydrogen (secondary N) is 1. The first-order chi connectivity index (χ1) is 20.4. The van der Waals surface area contributed by atoms with Crippen LogP contribution in [0.4, 0.5) is 44.9 Å². The largest absolute Gasteiger partial charge is 0.443 e. The lowest BCUT2D eigenvalue weighted by Crippen LogP contribution is -2.44. The number of carbonyl (C=O) groups is 3. The van der Waals surface area contributed by atoms with E-state index < -0.39 is 64.2 Å². The smallest absolute Gasteiger partial charge is 0.439 e. The summed E-state index contributed by atoms with van der Waals surface area (Å²) < 4.78 is 61.0. The van der Waals surface area contributed by atoms with Crippen LogP contribution in [0.3, 0.4) is 0 Å². The summed E-state index contributed by atoms with van der Waals surface area (Å²) in [6.45, 7) is 13.9. The number of hydrogen-bond acceptors (Lipinski definition) is 11. The Hall–Kier alpha value is -4.96. The van der Waals surface area contributed by atoms with Gasteiger partial charge in [0.25, 0.3) is 0 Å². The highest BCUT2D eigenvalue weighted by Gasteiger charge is 2.37. The molecule has 3 aromatic rings. The second-order valence-corrected chi connectivity index (χ2v) is 12.5. The fourth-order valence-corrected chi connectivity index (χ4v) is 3.43. The summed E-state index contributed by atoms with van der Waals surface area (Å²) in [4.78, 5) is 64.0. The van der Waals surface area contributed by atoms with Crippen LogP contribution in [0.15, 0.2) is 39.8 Å². The Balaban J connectivity index is 2.35. The van der Waals surface area contributed by atoms with E-state index in [0.29, 0.717) is 4.90 Å². The second-order valence-electron chi connectivity index (χ2n) is 12.5. The van der Waals surface area contributed by atoms with Gasteiger partial charge in [0.1, 0.15) is 16.8 Å². The average molecular weight is 639 g/mol. The Kier molecular flexibility index (Phi) is 9.36. The zero-order valence-corrected chi connectivity index (χ0v) is 26.0. The minimum atomic E-state index is -4.69. The monoisotopic (exact) mass is 638 g/mol. The van der Waals surface area contributed by atoms with E-state index in [9.17, 15) is 32.3 Å². The van der Waals surface area contributed by atoms with Crippen LogP contribution in [0.1, 0.15) is 67.9 Å². The van der Waals surface area contributed by atoms with Gasteiger partial charge in [0.2, 0.25) is 5.82 Å². The van der Waals surface area contributed by atoms with Gasteiger partial charge in [0.15, 0.2) is 17.3 Å². The van der Waals surface area contributed by atoms with Crippen LogP contribution in [0.2, 0.25) is 0 Å². The number of alkyl halides is 3. The van der Waals surface area contributed by atoms with Gasteiger partial charge in [-0.2, -0.15) is 18.1 Å². The standard InChI is InChI=1S/C28H33F3N6O8/c1-25(2,3)42-22(39)36(16-12-10-15(11-13-16)28(29,30)31)20-18(19-34-21(38)45-35-19)32-14-17(33-20)37(23(40)43-26(4,5)6)24(41)44-27(7,8)9/h10-14H,1-9H3,(H,34,35,38). The van der Waals surface area contributed by atoms with E-state index in [1.165, 1.54) is 0 Å². The first-order valence-corrected chi connectivity index (χ1v) is 13.3. The third kappa shape index (κ3) is 9.26. The first kappa shape index (κ1) is 34.5. The predicted molar refractivity (Wildman–Crippen MR) is 153 cm³/mol. The molecule has 45 heavy (non-hydrogen) atoms. The van der Waals surface area contributed by atoms with Crippen molar-refractivity contribution in [2.45, 2.75) is 85.3 Å². The molecule has 2 heterocycles. The molecular weight excluding hydrogens is 605 g/mol. The number of imide groups is 1. The van der Waals surface area contributed by atoms with Gasteiger partial charge in [-0.3, -0.25) is 9.51 Å². The Bertz CT molecular complexity index is 1590. The molecule has 0 atom stereocenters. The molecule has 244 valence electrons. The van der Waals surface area contributed by atoms with Crippen molar-refractivity contribution in [2.24, 2.45) is 0 Å². The number of nitrogens with zero attached hydrogens (tertiary/aromatic N) is 5. The van der Waals surface area contributed by atoms with E-state index >= 15 is 0 Å². The Labute approximate surface area is 255 Å². The molecule has 0 spiro atoms. The molecule has 0 aliphatic rings. The fraction of sp³-hybridized carbons (Fsp3) is 0.464. The zero-order valence-electron chi connectivity index (χ0n) is 26.0. The molecule has 0 radical (unpaired) electrons. The second kappa shape index (κ2) is 12.2. The van der Waals surface area contributed by atoms with E-state index in [4.69, 9.17) is 14.2 Å². The van der Waals surface area contributed by atoms with Crippen molar-refractivity contribution in [1.29, 1.82) is 0 Å². The van der Waals surface area contributed by atoms with Gasteiger partial charge in [-0.1, -0.05) is 5.16 Å². The molecule has 0 unspecified atom stereocenters. The zero-order chi connectivity index (χ0) is 34.1. The van der Waals surface area contributed by atoms with E-state index in [0.717, 1.165) is 35.4 Å². The maximum absolute atomic E-state index is 13.7. The SMILES string of the molecule is CC(C)(C)OC(=O)N(C(=O)OC(C)(C)C)c1cnc(-c2noc(=O)[nH]2)c(N(C(=O)OC(C)(C)C)c2ccc(C(F)(F)F)cc2)n1. The molecule has 0 aliphatic heterocycles. The number of H-pyrrole nitrogens is 1. The molecule has 0 saturated carbocycles. The van der Waals surface area contributed by atoms with Gasteiger partial charge >= 0.3 is 30.2 Å². The Morgan fingerprint density at radius 2 is 1.29 bits per heavy atom. The lowest BCUT2D eigenvalue weighted by atomic mass is 10.2. The number of benzene rings is 1. The minimum Gasteiger partial charge on any atom is -0.443 e. The van der Waals surface area contributed by atoms with Crippen LogP contribution >= 0.6 is 0 Å². The van der Waals surface area contributed by atoms with Crippen LogP contribution < -0.4 is 15.6 Å². The van der Waals surface area contributed by atoms with Crippen molar-refractivity contribution in [3.63, 3.8) is 0 Å². The topological polar surface area (TPSA) is 170 Å². The summed E-state index contributed by atoms with van der Waals surface area (Å²) in [5.74, 6) is -2.41. The van der Waals surface area contributed by atoms with Gasteiger partial charge in [0.05, 0.1) is 17.4 Å². The normalized spacial score (nSPS) is 12.4. The molecule has 14 nitrogen and oxygen atoms in total. The van der Waals surface area contributed by atoms with E-state index in [-0.39, 0.29) is 17.2 Å². The van der Waals surface area contributed by atoms with Gasteiger partial charge in [-0.05, 0) is 86.6 Å². The number of ether oxygens (including phenoxy) is 3. The van der Waals surface area contributed by atoms with Gasteiger partial charge in [0, 0.05) is 0 Å². The number of halogens is 3. The molecular formula is C28H33F3N6O8. The van der Waals surface area contributed by atoms with Crippen LogP contribution in [0.5, 0.6) is 0 Å². The summed E-state index contributed by atoms with van der Waals surface area (Å²) in [6.07, 6.45) is -7.36. The summed E-state index contributed by atoms with van der Waals surface area (Å²) in [5.41, 5.74) is -4.85. The molecule has 1 aromatic carbocycles. The van der Waals surface area contributed by atoms with E-state index in [2.05, 4.69) is 24.6 Å². The maximum atomic E-state index is 13.7. The van der Waals surface area contributed by atoms with Crippen LogP contribution in [0.25, 0.3) is 11.5 Å². The highest BCUT2D eigenvalue weighted by Crippen LogP contribution is 2.36. The Morgan fingerprint density at radius 3 is 1.71 bits per heavy atom. The highest BCUT2D eigenvalue weighted by molar-refractivity contribution is 6.09. The molecule has 0 aliphatic carbocycles. The fourth-order valence-electron chi connectivity index (χ4n) is 3.43. The minimum absolute atomic E-state index is 0.197. The highest BCUT2D eigenvalue weighted by atomic mass is 19.4. The molecule has 17 heteroatoms. The first-order valence-electron chi connectivity index (χ1n) is 13.3. The van der Waals surface area contributed by atoms with Crippen LogP contribution in [-0.4, -0.2) is 55.2 Å². The number of carbonyl (C=O) groups excluding carboxylic acids is 3. The average Bonchev–Trinajstić information content (AvgIpc) is 3.27. The molecule has 0 fully saturated rings. The van der Waals surface area contributed by atoms with E-state index in [1.54, 1.807) is 62.3 Å². The third-order valence-electron chi connectivity index (χ3n) is 5.03. The van der Waals surface area contributed by atoms with Crippen molar-refractivity contribution in [2.75, 3.05) is 9.80 Å². The molecule has 3 amide bonds. The van der Waals surface area contributed by atoms with Gasteiger partial charge in [-0.25, -0.2) is 34.0 Å². The molecule has 3 rings (SSSR count). The predicted octanol–water partition coefficient (Wildman–Crippen LogP) is 6.59. The molecule has 1 N–H and O–H groups in total. The van der Waals surface area contributed by atoms with Crippen molar-refractivity contribution < 1.29 is 46.3 Å². The Morgan fingerprint density at radius 1 is 0.800 bits per heavy atom. The lowest BCUT2D eigenvalue weighted by Gasteiger charge is -2.30. The molecule has 0 bridgehead atoms. The quantitative estimate of drug-likeness (QED) is 0.306. The molecule has 2 aromatic heterocycles. The molecule has 0 saturated heterocycles. The van der Waals surface area contributed by atoms with Crippen molar-refractivity contribution >= 4 is 35.6 Å². The third-order valence-corrected chi connectivity index (χ3v) is 5.03. The number of rotatable bonds is 4.